The first kappa shape index (κ1) is 25.9. The van der Waals surface area contributed by atoms with Gasteiger partial charge in [0.15, 0.2) is 0 Å². The second-order valence-corrected chi connectivity index (χ2v) is 11.1. The number of methoxy groups -OCH3 is 1. The quantitative estimate of drug-likeness (QED) is 0.465. The highest BCUT2D eigenvalue weighted by Gasteiger charge is 2.49. The molecule has 1 fully saturated rings. The number of hydrogen-bond acceptors (Lipinski definition) is 8. The number of nitrogens with zero attached hydrogens (tertiary/aromatic N) is 1. The molecule has 0 bridgehead atoms. The molecule has 1 aliphatic carbocycles. The van der Waals surface area contributed by atoms with Crippen LogP contribution in [0.25, 0.3) is 0 Å². The maximum Gasteiger partial charge on any atom is 0.473 e. The molecule has 0 aliphatic heterocycles. The number of phosphoric acid groups is 1. The molecule has 3 unspecified atom stereocenters. The van der Waals surface area contributed by atoms with E-state index in [4.69, 9.17) is 13.8 Å². The fourth-order valence-electron chi connectivity index (χ4n) is 3.40. The van der Waals surface area contributed by atoms with E-state index in [0.717, 1.165) is 23.6 Å². The lowest BCUT2D eigenvalue weighted by Gasteiger charge is -2.30. The van der Waals surface area contributed by atoms with Crippen LogP contribution in [0.4, 0.5) is 0 Å². The van der Waals surface area contributed by atoms with Crippen molar-refractivity contribution >= 4 is 15.4 Å². The summed E-state index contributed by atoms with van der Waals surface area (Å²) in [5.41, 5.74) is -2.36. The molecule has 0 amide bonds. The number of aromatic nitrogens is 2. The lowest BCUT2D eigenvalue weighted by Crippen LogP contribution is -2.39. The molecule has 0 saturated heterocycles. The Morgan fingerprint density at radius 1 is 1.19 bits per heavy atom. The molecule has 2 rings (SSSR count). The summed E-state index contributed by atoms with van der Waals surface area (Å²) < 4.78 is 46.2. The lowest BCUT2D eigenvalue weighted by atomic mass is 10.1. The Bertz CT molecular complexity index is 1010. The van der Waals surface area contributed by atoms with E-state index in [2.05, 4.69) is 9.51 Å². The summed E-state index contributed by atoms with van der Waals surface area (Å²) in [6.07, 6.45) is 0.687. The van der Waals surface area contributed by atoms with Crippen LogP contribution in [0.3, 0.4) is 0 Å². The van der Waals surface area contributed by atoms with Gasteiger partial charge >= 0.3 is 21.1 Å². The van der Waals surface area contributed by atoms with Gasteiger partial charge in [0.05, 0.1) is 17.7 Å². The largest absolute Gasteiger partial charge is 0.473 e. The van der Waals surface area contributed by atoms with Crippen molar-refractivity contribution in [2.75, 3.05) is 14.2 Å². The van der Waals surface area contributed by atoms with E-state index < -0.39 is 56.4 Å². The SMILES string of the molecule is CO[C@@H]1[C@@H](/C=C/P(=O)(O)OC)CC(n2ccc(=O)[nH]c2=O)[C@@H]1OP(=O)(O)OC(C)(C)C. The van der Waals surface area contributed by atoms with E-state index >= 15 is 0 Å². The highest BCUT2D eigenvalue weighted by molar-refractivity contribution is 7.56. The van der Waals surface area contributed by atoms with Gasteiger partial charge in [-0.15, -0.1) is 0 Å². The van der Waals surface area contributed by atoms with E-state index in [1.165, 1.54) is 19.4 Å². The average Bonchev–Trinajstić information content (AvgIpc) is 2.94. The van der Waals surface area contributed by atoms with E-state index in [-0.39, 0.29) is 6.42 Å². The van der Waals surface area contributed by atoms with Crippen molar-refractivity contribution in [3.8, 4) is 0 Å². The minimum absolute atomic E-state index is 0.130. The second kappa shape index (κ2) is 9.64. The van der Waals surface area contributed by atoms with Crippen molar-refractivity contribution in [3.63, 3.8) is 0 Å². The molecule has 0 spiro atoms. The Hall–Kier alpha value is -1.36. The molecule has 6 atom stereocenters. The van der Waals surface area contributed by atoms with Gasteiger partial charge in [-0.25, -0.2) is 9.36 Å². The highest BCUT2D eigenvalue weighted by Crippen LogP contribution is 2.53. The number of H-pyrrole nitrogens is 1. The molecular weight excluding hydrogens is 454 g/mol. The van der Waals surface area contributed by atoms with Crippen LogP contribution < -0.4 is 11.2 Å². The smallest absolute Gasteiger partial charge is 0.378 e. The molecule has 0 radical (unpaired) electrons. The Kier molecular flexibility index (Phi) is 8.05. The summed E-state index contributed by atoms with van der Waals surface area (Å²) in [6.45, 7) is 4.71. The zero-order valence-electron chi connectivity index (χ0n) is 17.8. The molecule has 1 aliphatic rings. The second-order valence-electron chi connectivity index (χ2n) is 8.02. The van der Waals surface area contributed by atoms with Crippen LogP contribution in [0.15, 0.2) is 33.7 Å². The number of hydrogen-bond donors (Lipinski definition) is 3. The first-order chi connectivity index (χ1) is 14.2. The fraction of sp³-hybridized carbons (Fsp3) is 0.647. The number of aromatic amines is 1. The van der Waals surface area contributed by atoms with Crippen LogP contribution >= 0.6 is 15.4 Å². The van der Waals surface area contributed by atoms with Gasteiger partial charge in [-0.05, 0) is 27.2 Å². The van der Waals surface area contributed by atoms with Gasteiger partial charge in [-0.2, -0.15) is 0 Å². The molecular formula is C17H28N2O10P2. The summed E-state index contributed by atoms with van der Waals surface area (Å²) in [6, 6.07) is 0.272. The first-order valence-corrected chi connectivity index (χ1v) is 12.5. The number of rotatable bonds is 8. The molecule has 3 N–H and O–H groups in total. The first-order valence-electron chi connectivity index (χ1n) is 9.32. The van der Waals surface area contributed by atoms with Gasteiger partial charge in [-0.1, -0.05) is 6.08 Å². The molecule has 31 heavy (non-hydrogen) atoms. The van der Waals surface area contributed by atoms with Crippen LogP contribution in [-0.4, -0.2) is 51.4 Å². The minimum Gasteiger partial charge on any atom is -0.378 e. The molecule has 14 heteroatoms. The van der Waals surface area contributed by atoms with Crippen molar-refractivity contribution in [3.05, 3.63) is 45.0 Å². The summed E-state index contributed by atoms with van der Waals surface area (Å²) >= 11 is 0. The van der Waals surface area contributed by atoms with Gasteiger partial charge in [0.25, 0.3) is 5.56 Å². The lowest BCUT2D eigenvalue weighted by molar-refractivity contribution is -0.0326. The van der Waals surface area contributed by atoms with E-state index in [1.807, 2.05) is 0 Å². The molecule has 176 valence electrons. The molecule has 1 heterocycles. The van der Waals surface area contributed by atoms with Crippen LogP contribution in [0.1, 0.15) is 33.2 Å². The summed E-state index contributed by atoms with van der Waals surface area (Å²) in [7, 11) is -6.17. The third kappa shape index (κ3) is 7.06. The third-order valence-electron chi connectivity index (χ3n) is 4.55. The Morgan fingerprint density at radius 3 is 2.35 bits per heavy atom. The average molecular weight is 482 g/mol. The van der Waals surface area contributed by atoms with Crippen molar-refractivity contribution in [2.45, 2.75) is 51.0 Å². The topological polar surface area (TPSA) is 166 Å². The molecule has 1 saturated carbocycles. The Labute approximate surface area is 179 Å². The van der Waals surface area contributed by atoms with Crippen LogP contribution in [-0.2, 0) is 27.4 Å². The zero-order chi connectivity index (χ0) is 23.6. The van der Waals surface area contributed by atoms with Gasteiger partial charge in [0, 0.05) is 38.2 Å². The predicted octanol–water partition coefficient (Wildman–Crippen LogP) is 1.76. The Morgan fingerprint density at radius 2 is 1.84 bits per heavy atom. The Balaban J connectivity index is 2.48. The van der Waals surface area contributed by atoms with E-state index in [0.29, 0.717) is 0 Å². The molecule has 12 nitrogen and oxygen atoms in total. The van der Waals surface area contributed by atoms with Gasteiger partial charge in [-0.3, -0.25) is 28.0 Å². The third-order valence-corrected chi connectivity index (χ3v) is 6.91. The molecule has 0 aromatic carbocycles. The number of ether oxygens (including phenoxy) is 1. The summed E-state index contributed by atoms with van der Waals surface area (Å²) in [4.78, 5) is 45.8. The minimum atomic E-state index is -4.60. The standard InChI is InChI=1S/C17H28N2O10P2/c1-17(2,3)29-31(24,25)28-15-12(19-8-6-13(20)18-16(19)21)10-11(14(15)26-4)7-9-30(22,23)27-5/h6-9,11-12,14-15H,10H2,1-5H3,(H,22,23)(H,24,25)(H,18,20,21)/b9-7+/t11-,12?,14+,15-/m0/s1. The predicted molar refractivity (Wildman–Crippen MR) is 111 cm³/mol. The van der Waals surface area contributed by atoms with Crippen LogP contribution in [0.2, 0.25) is 0 Å². The normalized spacial score (nSPS) is 28.5. The van der Waals surface area contributed by atoms with Crippen molar-refractivity contribution in [1.29, 1.82) is 0 Å². The summed E-state index contributed by atoms with van der Waals surface area (Å²) in [5.74, 6) is 0.382. The highest BCUT2D eigenvalue weighted by atomic mass is 31.2. The van der Waals surface area contributed by atoms with Crippen LogP contribution in [0, 0.1) is 5.92 Å². The van der Waals surface area contributed by atoms with E-state index in [9.17, 15) is 28.5 Å². The van der Waals surface area contributed by atoms with Gasteiger partial charge in [0.1, 0.15) is 6.10 Å². The monoisotopic (exact) mass is 482 g/mol. The number of phosphoric ester groups is 1. The number of nitrogens with one attached hydrogen (secondary N) is 1. The molecule has 1 aromatic heterocycles. The van der Waals surface area contributed by atoms with Crippen LogP contribution in [0.5, 0.6) is 0 Å². The van der Waals surface area contributed by atoms with Gasteiger partial charge < -0.3 is 19.0 Å². The van der Waals surface area contributed by atoms with Crippen molar-refractivity contribution in [1.82, 2.24) is 9.55 Å². The maximum absolute atomic E-state index is 12.6. The van der Waals surface area contributed by atoms with E-state index in [1.54, 1.807) is 20.8 Å². The van der Waals surface area contributed by atoms with Crippen molar-refractivity contribution < 1.29 is 37.2 Å². The summed E-state index contributed by atoms with van der Waals surface area (Å²) in [5, 5.41) is 0. The fourth-order valence-corrected chi connectivity index (χ4v) is 5.26. The zero-order valence-corrected chi connectivity index (χ0v) is 19.6. The van der Waals surface area contributed by atoms with Crippen molar-refractivity contribution in [2.24, 2.45) is 5.92 Å². The van der Waals surface area contributed by atoms with Gasteiger partial charge in [0.2, 0.25) is 0 Å². The maximum atomic E-state index is 12.6. The molecule has 1 aromatic rings.